The van der Waals surface area contributed by atoms with Gasteiger partial charge in [-0.15, -0.1) is 12.4 Å². The van der Waals surface area contributed by atoms with Gasteiger partial charge < -0.3 is 5.73 Å². The molecule has 0 bridgehead atoms. The zero-order chi connectivity index (χ0) is 15.6. The summed E-state index contributed by atoms with van der Waals surface area (Å²) in [6, 6.07) is 0. The molecular formula is C20H42ClN. The summed E-state index contributed by atoms with van der Waals surface area (Å²) in [6.07, 6.45) is 20.9. The zero-order valence-electron chi connectivity index (χ0n) is 15.6. The smallest absolute Gasteiger partial charge is 0.0180 e. The highest BCUT2D eigenvalue weighted by Crippen LogP contribution is 2.45. The van der Waals surface area contributed by atoms with Crippen LogP contribution in [0.5, 0.6) is 0 Å². The van der Waals surface area contributed by atoms with Gasteiger partial charge in [-0.05, 0) is 31.6 Å². The zero-order valence-corrected chi connectivity index (χ0v) is 16.4. The van der Waals surface area contributed by atoms with E-state index in [1.807, 2.05) is 0 Å². The second kappa shape index (κ2) is 11.7. The Labute approximate surface area is 146 Å². The van der Waals surface area contributed by atoms with Gasteiger partial charge in [0.05, 0.1) is 0 Å². The monoisotopic (exact) mass is 331 g/mol. The van der Waals surface area contributed by atoms with Crippen molar-refractivity contribution in [3.05, 3.63) is 0 Å². The third kappa shape index (κ3) is 7.68. The highest BCUT2D eigenvalue weighted by molar-refractivity contribution is 5.85. The maximum Gasteiger partial charge on any atom is 0.0180 e. The van der Waals surface area contributed by atoms with Crippen LogP contribution in [0.3, 0.4) is 0 Å². The number of unbranched alkanes of at least 4 members (excludes halogenated alkanes) is 9. The lowest BCUT2D eigenvalue weighted by Crippen LogP contribution is -2.53. The molecule has 1 aliphatic rings. The van der Waals surface area contributed by atoms with Gasteiger partial charge in [0.25, 0.3) is 0 Å². The Morgan fingerprint density at radius 2 is 1.18 bits per heavy atom. The van der Waals surface area contributed by atoms with Crippen molar-refractivity contribution in [2.75, 3.05) is 0 Å². The second-order valence-corrected chi connectivity index (χ2v) is 8.12. The molecule has 0 aromatic rings. The van der Waals surface area contributed by atoms with E-state index in [2.05, 4.69) is 20.8 Å². The van der Waals surface area contributed by atoms with Crippen molar-refractivity contribution in [1.82, 2.24) is 0 Å². The minimum Gasteiger partial charge on any atom is -0.325 e. The van der Waals surface area contributed by atoms with Crippen LogP contribution in [0.15, 0.2) is 0 Å². The minimum absolute atomic E-state index is 0. The fraction of sp³-hybridized carbons (Fsp3) is 1.00. The van der Waals surface area contributed by atoms with E-state index in [9.17, 15) is 0 Å². The topological polar surface area (TPSA) is 26.0 Å². The Bertz CT molecular complexity index is 264. The molecule has 22 heavy (non-hydrogen) atoms. The third-order valence-electron chi connectivity index (χ3n) is 6.14. The van der Waals surface area contributed by atoms with E-state index in [-0.39, 0.29) is 17.9 Å². The second-order valence-electron chi connectivity index (χ2n) is 8.12. The van der Waals surface area contributed by atoms with E-state index in [0.29, 0.717) is 5.41 Å². The number of rotatable bonds is 11. The van der Waals surface area contributed by atoms with Gasteiger partial charge >= 0.3 is 0 Å². The van der Waals surface area contributed by atoms with Crippen LogP contribution in [-0.4, -0.2) is 5.54 Å². The van der Waals surface area contributed by atoms with Gasteiger partial charge in [-0.3, -0.25) is 0 Å². The van der Waals surface area contributed by atoms with Gasteiger partial charge in [0.15, 0.2) is 0 Å². The molecule has 0 saturated heterocycles. The van der Waals surface area contributed by atoms with Crippen molar-refractivity contribution < 1.29 is 0 Å². The summed E-state index contributed by atoms with van der Waals surface area (Å²) >= 11 is 0. The number of hydrogen-bond acceptors (Lipinski definition) is 1. The van der Waals surface area contributed by atoms with E-state index in [4.69, 9.17) is 5.73 Å². The molecule has 2 heteroatoms. The fourth-order valence-corrected chi connectivity index (χ4v) is 4.01. The molecule has 0 aliphatic heterocycles. The largest absolute Gasteiger partial charge is 0.325 e. The number of nitrogens with two attached hydrogens (primary N) is 1. The van der Waals surface area contributed by atoms with Gasteiger partial charge in [0.1, 0.15) is 0 Å². The summed E-state index contributed by atoms with van der Waals surface area (Å²) in [6.45, 7) is 7.03. The normalized spacial score (nSPS) is 28.4. The average Bonchev–Trinajstić information content (AvgIpc) is 2.44. The van der Waals surface area contributed by atoms with Gasteiger partial charge in [0.2, 0.25) is 0 Å². The predicted molar refractivity (Wildman–Crippen MR) is 103 cm³/mol. The standard InChI is InChI=1S/C20H41N.ClH/c1-4-5-6-7-8-9-10-11-12-13-16-19(2)17-14-15-18-20(19,3)21;/h4-18,21H2,1-3H3;1H. The van der Waals surface area contributed by atoms with Crippen LogP contribution in [0.4, 0.5) is 0 Å². The molecule has 1 fully saturated rings. The van der Waals surface area contributed by atoms with Gasteiger partial charge in [-0.2, -0.15) is 0 Å². The highest BCUT2D eigenvalue weighted by atomic mass is 35.5. The summed E-state index contributed by atoms with van der Waals surface area (Å²) < 4.78 is 0. The van der Waals surface area contributed by atoms with Crippen molar-refractivity contribution in [2.45, 2.75) is 123 Å². The van der Waals surface area contributed by atoms with Gasteiger partial charge in [-0.25, -0.2) is 0 Å². The molecular weight excluding hydrogens is 290 g/mol. The van der Waals surface area contributed by atoms with Crippen LogP contribution in [-0.2, 0) is 0 Å². The first-order chi connectivity index (χ1) is 10.0. The fourth-order valence-electron chi connectivity index (χ4n) is 4.01. The molecule has 0 radical (unpaired) electrons. The third-order valence-corrected chi connectivity index (χ3v) is 6.14. The first-order valence-electron chi connectivity index (χ1n) is 9.81. The van der Waals surface area contributed by atoms with E-state index >= 15 is 0 Å². The number of hydrogen-bond donors (Lipinski definition) is 1. The summed E-state index contributed by atoms with van der Waals surface area (Å²) in [5.74, 6) is 0. The Hall–Kier alpha value is 0.250. The lowest BCUT2D eigenvalue weighted by atomic mass is 9.61. The summed E-state index contributed by atoms with van der Waals surface area (Å²) in [5.41, 5.74) is 7.04. The van der Waals surface area contributed by atoms with Crippen LogP contribution in [0, 0.1) is 5.41 Å². The Kier molecular flexibility index (Phi) is 11.9. The van der Waals surface area contributed by atoms with Crippen LogP contribution in [0.1, 0.15) is 117 Å². The first-order valence-corrected chi connectivity index (χ1v) is 9.81. The van der Waals surface area contributed by atoms with E-state index in [0.717, 1.165) is 0 Å². The van der Waals surface area contributed by atoms with Crippen molar-refractivity contribution in [2.24, 2.45) is 11.1 Å². The molecule has 0 aromatic heterocycles. The van der Waals surface area contributed by atoms with Crippen molar-refractivity contribution >= 4 is 12.4 Å². The Morgan fingerprint density at radius 1 is 0.727 bits per heavy atom. The molecule has 1 saturated carbocycles. The Morgan fingerprint density at radius 3 is 1.68 bits per heavy atom. The van der Waals surface area contributed by atoms with Gasteiger partial charge in [-0.1, -0.05) is 90.9 Å². The lowest BCUT2D eigenvalue weighted by Gasteiger charge is -2.48. The van der Waals surface area contributed by atoms with Crippen molar-refractivity contribution in [3.63, 3.8) is 0 Å². The summed E-state index contributed by atoms with van der Waals surface area (Å²) in [7, 11) is 0. The Balaban J connectivity index is 0.00000441. The lowest BCUT2D eigenvalue weighted by molar-refractivity contribution is 0.0810. The first kappa shape index (κ1) is 22.2. The molecule has 0 amide bonds. The van der Waals surface area contributed by atoms with E-state index in [1.54, 1.807) is 0 Å². The van der Waals surface area contributed by atoms with Crippen LogP contribution < -0.4 is 5.73 Å². The summed E-state index contributed by atoms with van der Waals surface area (Å²) in [4.78, 5) is 0. The SMILES string of the molecule is CCCCCCCCCCCCC1(C)CCCCC1(C)N.Cl. The van der Waals surface area contributed by atoms with E-state index < -0.39 is 0 Å². The molecule has 0 heterocycles. The van der Waals surface area contributed by atoms with E-state index in [1.165, 1.54) is 96.3 Å². The maximum atomic E-state index is 6.58. The molecule has 2 N–H and O–H groups in total. The molecule has 2 atom stereocenters. The predicted octanol–water partition coefficient (Wildman–Crippen LogP) is 7.02. The number of halogens is 1. The molecule has 1 rings (SSSR count). The minimum atomic E-state index is 0. The quantitative estimate of drug-likeness (QED) is 0.404. The highest BCUT2D eigenvalue weighted by Gasteiger charge is 2.42. The molecule has 0 spiro atoms. The van der Waals surface area contributed by atoms with Gasteiger partial charge in [0, 0.05) is 5.54 Å². The molecule has 1 aliphatic carbocycles. The van der Waals surface area contributed by atoms with Crippen molar-refractivity contribution in [1.29, 1.82) is 0 Å². The average molecular weight is 332 g/mol. The molecule has 0 aromatic carbocycles. The van der Waals surface area contributed by atoms with Crippen molar-refractivity contribution in [3.8, 4) is 0 Å². The van der Waals surface area contributed by atoms with Crippen LogP contribution in [0.25, 0.3) is 0 Å². The maximum absolute atomic E-state index is 6.58. The van der Waals surface area contributed by atoms with Crippen LogP contribution >= 0.6 is 12.4 Å². The summed E-state index contributed by atoms with van der Waals surface area (Å²) in [5, 5.41) is 0. The van der Waals surface area contributed by atoms with Crippen LogP contribution in [0.2, 0.25) is 0 Å². The molecule has 134 valence electrons. The molecule has 2 unspecified atom stereocenters. The molecule has 1 nitrogen and oxygen atoms in total.